The van der Waals surface area contributed by atoms with Crippen LogP contribution >= 0.6 is 0 Å². The first kappa shape index (κ1) is 16.4. The summed E-state index contributed by atoms with van der Waals surface area (Å²) in [6, 6.07) is 8.79. The molecule has 1 aliphatic rings. The highest BCUT2D eigenvalue weighted by Crippen LogP contribution is 2.19. The number of nitrogens with two attached hydrogens (primary N) is 1. The number of hydrogen-bond donors (Lipinski definition) is 2. The Morgan fingerprint density at radius 1 is 1.42 bits per heavy atom. The zero-order valence-corrected chi connectivity index (χ0v) is 13.9. The van der Waals surface area contributed by atoms with Gasteiger partial charge in [-0.3, -0.25) is 9.69 Å². The Morgan fingerprint density at radius 3 is 3.00 bits per heavy atom. The molecule has 0 bridgehead atoms. The van der Waals surface area contributed by atoms with Crippen molar-refractivity contribution in [3.8, 4) is 0 Å². The monoisotopic (exact) mass is 329 g/mol. The quantitative estimate of drug-likeness (QED) is 0.837. The number of benzene rings is 1. The molecule has 2 aromatic rings. The standard InChI is InChI=1S/C17H23N5O2/c1-12-20-21-17(24-12)19-9-13-4-2-5-14(8-13)10-22-7-3-6-15(11-22)16(18)23/h2,4-5,8,15H,3,6-7,9-11H2,1H3,(H2,18,23)(H,19,21)/t15-/m0/s1. The van der Waals surface area contributed by atoms with Crippen molar-refractivity contribution in [1.82, 2.24) is 15.1 Å². The Bertz CT molecular complexity index is 700. The molecule has 3 N–H and O–H groups in total. The van der Waals surface area contributed by atoms with Gasteiger partial charge in [0.2, 0.25) is 11.8 Å². The van der Waals surface area contributed by atoms with Crippen molar-refractivity contribution >= 4 is 11.9 Å². The molecule has 128 valence electrons. The third-order valence-corrected chi connectivity index (χ3v) is 4.28. The van der Waals surface area contributed by atoms with E-state index in [2.05, 4.69) is 38.6 Å². The zero-order chi connectivity index (χ0) is 16.9. The van der Waals surface area contributed by atoms with E-state index in [-0.39, 0.29) is 11.8 Å². The van der Waals surface area contributed by atoms with Crippen molar-refractivity contribution in [2.24, 2.45) is 11.7 Å². The van der Waals surface area contributed by atoms with Gasteiger partial charge in [0.15, 0.2) is 0 Å². The molecule has 1 atom stereocenters. The van der Waals surface area contributed by atoms with Crippen molar-refractivity contribution in [1.29, 1.82) is 0 Å². The van der Waals surface area contributed by atoms with E-state index in [9.17, 15) is 4.79 Å². The van der Waals surface area contributed by atoms with Crippen LogP contribution in [0.25, 0.3) is 0 Å². The Kier molecular flexibility index (Phi) is 5.10. The highest BCUT2D eigenvalue weighted by Gasteiger charge is 2.23. The van der Waals surface area contributed by atoms with Crippen molar-refractivity contribution < 1.29 is 9.21 Å². The number of aryl methyl sites for hydroxylation is 1. The molecule has 0 unspecified atom stereocenters. The second kappa shape index (κ2) is 7.44. The Morgan fingerprint density at radius 2 is 2.25 bits per heavy atom. The van der Waals surface area contributed by atoms with E-state index in [0.29, 0.717) is 18.5 Å². The van der Waals surface area contributed by atoms with Gasteiger partial charge in [-0.1, -0.05) is 29.4 Å². The zero-order valence-electron chi connectivity index (χ0n) is 13.9. The first-order valence-electron chi connectivity index (χ1n) is 8.23. The molecule has 3 rings (SSSR count). The van der Waals surface area contributed by atoms with Crippen molar-refractivity contribution in [3.05, 3.63) is 41.3 Å². The van der Waals surface area contributed by atoms with Crippen LogP contribution in [0.4, 0.5) is 6.01 Å². The molecule has 1 fully saturated rings. The van der Waals surface area contributed by atoms with Crippen LogP contribution in [-0.4, -0.2) is 34.1 Å². The van der Waals surface area contributed by atoms with Gasteiger partial charge in [0, 0.05) is 26.6 Å². The summed E-state index contributed by atoms with van der Waals surface area (Å²) < 4.78 is 5.31. The summed E-state index contributed by atoms with van der Waals surface area (Å²) in [5, 5.41) is 10.8. The maximum absolute atomic E-state index is 11.4. The van der Waals surface area contributed by atoms with Crippen LogP contribution in [0.15, 0.2) is 28.7 Å². The lowest BCUT2D eigenvalue weighted by molar-refractivity contribution is -0.123. The summed E-state index contributed by atoms with van der Waals surface area (Å²) in [5.74, 6) is 0.331. The predicted molar refractivity (Wildman–Crippen MR) is 90.0 cm³/mol. The Hall–Kier alpha value is -2.41. The molecular formula is C17H23N5O2. The van der Waals surface area contributed by atoms with Crippen LogP contribution in [0.3, 0.4) is 0 Å². The minimum absolute atomic E-state index is 0.0237. The number of anilines is 1. The third kappa shape index (κ3) is 4.32. The number of primary amides is 1. The summed E-state index contributed by atoms with van der Waals surface area (Å²) in [6.45, 7) is 4.97. The number of piperidine rings is 1. The number of nitrogens with zero attached hydrogens (tertiary/aromatic N) is 3. The third-order valence-electron chi connectivity index (χ3n) is 4.28. The average molecular weight is 329 g/mol. The fourth-order valence-electron chi connectivity index (χ4n) is 3.07. The number of carbonyl (C=O) groups is 1. The van der Waals surface area contributed by atoms with Gasteiger partial charge >= 0.3 is 6.01 Å². The van der Waals surface area contributed by atoms with Crippen LogP contribution in [-0.2, 0) is 17.9 Å². The number of aromatic nitrogens is 2. The van der Waals surface area contributed by atoms with Crippen molar-refractivity contribution in [2.45, 2.75) is 32.9 Å². The van der Waals surface area contributed by atoms with Gasteiger partial charge in [0.1, 0.15) is 0 Å². The number of nitrogens with one attached hydrogen (secondary N) is 1. The van der Waals surface area contributed by atoms with E-state index < -0.39 is 0 Å². The maximum Gasteiger partial charge on any atom is 0.315 e. The lowest BCUT2D eigenvalue weighted by Crippen LogP contribution is -2.40. The average Bonchev–Trinajstić information content (AvgIpc) is 2.99. The molecule has 7 nitrogen and oxygen atoms in total. The van der Waals surface area contributed by atoms with Gasteiger partial charge in [0.25, 0.3) is 0 Å². The van der Waals surface area contributed by atoms with Gasteiger partial charge in [-0.25, -0.2) is 0 Å². The number of amides is 1. The van der Waals surface area contributed by atoms with Gasteiger partial charge in [-0.05, 0) is 30.5 Å². The van der Waals surface area contributed by atoms with E-state index in [1.54, 1.807) is 6.92 Å². The SMILES string of the molecule is Cc1nnc(NCc2cccc(CN3CCC[C@H](C(N)=O)C3)c2)o1. The molecule has 1 aromatic carbocycles. The lowest BCUT2D eigenvalue weighted by Gasteiger charge is -2.31. The Labute approximate surface area is 141 Å². The van der Waals surface area contributed by atoms with Crippen LogP contribution < -0.4 is 11.1 Å². The van der Waals surface area contributed by atoms with E-state index in [4.69, 9.17) is 10.2 Å². The van der Waals surface area contributed by atoms with E-state index in [1.165, 1.54) is 5.56 Å². The molecule has 1 aliphatic heterocycles. The topological polar surface area (TPSA) is 97.3 Å². The van der Waals surface area contributed by atoms with E-state index >= 15 is 0 Å². The highest BCUT2D eigenvalue weighted by atomic mass is 16.4. The number of hydrogen-bond acceptors (Lipinski definition) is 6. The number of carbonyl (C=O) groups excluding carboxylic acids is 1. The predicted octanol–water partition coefficient (Wildman–Crippen LogP) is 1.69. The van der Waals surface area contributed by atoms with Crippen molar-refractivity contribution in [3.63, 3.8) is 0 Å². The molecular weight excluding hydrogens is 306 g/mol. The van der Waals surface area contributed by atoms with Gasteiger partial charge in [0.05, 0.1) is 5.92 Å². The lowest BCUT2D eigenvalue weighted by atomic mass is 9.97. The summed E-state index contributed by atoms with van der Waals surface area (Å²) >= 11 is 0. The number of rotatable bonds is 6. The molecule has 1 saturated heterocycles. The first-order chi connectivity index (χ1) is 11.6. The normalized spacial score (nSPS) is 18.5. The van der Waals surface area contributed by atoms with E-state index in [0.717, 1.165) is 38.0 Å². The van der Waals surface area contributed by atoms with Crippen molar-refractivity contribution in [2.75, 3.05) is 18.4 Å². The van der Waals surface area contributed by atoms with Gasteiger partial charge < -0.3 is 15.5 Å². The summed E-state index contributed by atoms with van der Waals surface area (Å²) in [7, 11) is 0. The van der Waals surface area contributed by atoms with E-state index in [1.807, 2.05) is 6.07 Å². The molecule has 0 spiro atoms. The second-order valence-electron chi connectivity index (χ2n) is 6.28. The van der Waals surface area contributed by atoms with Gasteiger partial charge in [-0.15, -0.1) is 5.10 Å². The molecule has 24 heavy (non-hydrogen) atoms. The van der Waals surface area contributed by atoms with Crippen LogP contribution in [0.1, 0.15) is 29.9 Å². The maximum atomic E-state index is 11.4. The van der Waals surface area contributed by atoms with Crippen LogP contribution in [0.5, 0.6) is 0 Å². The fourth-order valence-corrected chi connectivity index (χ4v) is 3.07. The largest absolute Gasteiger partial charge is 0.408 e. The number of likely N-dealkylation sites (tertiary alicyclic amines) is 1. The Balaban J connectivity index is 1.57. The highest BCUT2D eigenvalue weighted by molar-refractivity contribution is 5.76. The molecule has 2 heterocycles. The minimum Gasteiger partial charge on any atom is -0.408 e. The summed E-state index contributed by atoms with van der Waals surface area (Å²) in [5.41, 5.74) is 7.82. The molecule has 7 heteroatoms. The summed E-state index contributed by atoms with van der Waals surface area (Å²) in [4.78, 5) is 13.7. The van der Waals surface area contributed by atoms with Crippen LogP contribution in [0.2, 0.25) is 0 Å². The molecule has 1 aromatic heterocycles. The van der Waals surface area contributed by atoms with Crippen LogP contribution in [0, 0.1) is 12.8 Å². The molecule has 0 aliphatic carbocycles. The summed E-state index contributed by atoms with van der Waals surface area (Å²) in [6.07, 6.45) is 1.92. The first-order valence-corrected chi connectivity index (χ1v) is 8.23. The second-order valence-corrected chi connectivity index (χ2v) is 6.28. The van der Waals surface area contributed by atoms with Gasteiger partial charge in [-0.2, -0.15) is 0 Å². The fraction of sp³-hybridized carbons (Fsp3) is 0.471. The smallest absolute Gasteiger partial charge is 0.315 e. The molecule has 1 amide bonds. The minimum atomic E-state index is -0.187. The molecule has 0 saturated carbocycles. The molecule has 0 radical (unpaired) electrons.